The first-order valence-corrected chi connectivity index (χ1v) is 15.4. The SMILES string of the molecule is C#CCN1CC(=O)N2[C@@H](CC(C)C)C(=O)N(CCC(c3ccccc3)c3ccccc3)C[C@@H]2N1C(=O)NCc1ccccc1. The average molecular weight is 592 g/mol. The van der Waals surface area contributed by atoms with Crippen LogP contribution in [0.3, 0.4) is 0 Å². The molecule has 3 aromatic carbocycles. The van der Waals surface area contributed by atoms with E-state index in [9.17, 15) is 14.4 Å². The standard InChI is InChI=1S/C36H41N5O3/c1-4-21-39-26-34(42)40-32(23-27(2)3)35(43)38(25-33(40)41(39)36(44)37-24-28-14-8-5-9-15-28)22-20-31(29-16-10-6-11-17-29)30-18-12-7-13-19-30/h1,5-19,27,31-33H,20-26H2,2-3H3,(H,37,44)/t32-,33-/m0/s1. The van der Waals surface area contributed by atoms with Crippen molar-refractivity contribution in [3.05, 3.63) is 108 Å². The van der Waals surface area contributed by atoms with E-state index >= 15 is 0 Å². The maximum Gasteiger partial charge on any atom is 0.334 e. The van der Waals surface area contributed by atoms with Crippen molar-refractivity contribution in [1.29, 1.82) is 0 Å². The number of carbonyl (C=O) groups is 3. The van der Waals surface area contributed by atoms with Gasteiger partial charge in [0, 0.05) is 19.0 Å². The highest BCUT2D eigenvalue weighted by atomic mass is 16.2. The van der Waals surface area contributed by atoms with Crippen molar-refractivity contribution in [2.75, 3.05) is 26.2 Å². The van der Waals surface area contributed by atoms with E-state index < -0.39 is 12.2 Å². The van der Waals surface area contributed by atoms with Gasteiger partial charge in [0.15, 0.2) is 0 Å². The van der Waals surface area contributed by atoms with E-state index in [1.807, 2.05) is 85.5 Å². The molecule has 44 heavy (non-hydrogen) atoms. The Morgan fingerprint density at radius 2 is 1.52 bits per heavy atom. The Morgan fingerprint density at radius 3 is 2.09 bits per heavy atom. The number of hydrogen-bond donors (Lipinski definition) is 1. The third-order valence-corrected chi connectivity index (χ3v) is 8.38. The molecule has 2 fully saturated rings. The van der Waals surface area contributed by atoms with E-state index in [0.717, 1.165) is 5.56 Å². The lowest BCUT2D eigenvalue weighted by molar-refractivity contribution is -0.189. The molecule has 5 rings (SSSR count). The minimum atomic E-state index is -0.672. The van der Waals surface area contributed by atoms with Crippen LogP contribution in [0.1, 0.15) is 49.3 Å². The number of urea groups is 1. The van der Waals surface area contributed by atoms with Gasteiger partial charge < -0.3 is 15.1 Å². The van der Waals surface area contributed by atoms with Crippen molar-refractivity contribution in [3.8, 4) is 12.3 Å². The summed E-state index contributed by atoms with van der Waals surface area (Å²) in [6.45, 7) is 5.14. The zero-order chi connectivity index (χ0) is 31.1. The molecule has 8 nitrogen and oxygen atoms in total. The molecule has 1 N–H and O–H groups in total. The molecule has 2 aliphatic rings. The van der Waals surface area contributed by atoms with Crippen molar-refractivity contribution in [2.24, 2.45) is 5.92 Å². The molecule has 0 unspecified atom stereocenters. The topological polar surface area (TPSA) is 76.2 Å². The average Bonchev–Trinajstić information content (AvgIpc) is 3.03. The Bertz CT molecular complexity index is 1420. The highest BCUT2D eigenvalue weighted by Gasteiger charge is 2.51. The summed E-state index contributed by atoms with van der Waals surface area (Å²) in [5, 5.41) is 6.21. The van der Waals surface area contributed by atoms with Crippen LogP contribution in [0.5, 0.6) is 0 Å². The summed E-state index contributed by atoms with van der Waals surface area (Å²) < 4.78 is 0. The molecule has 4 amide bonds. The summed E-state index contributed by atoms with van der Waals surface area (Å²) >= 11 is 0. The molecule has 3 aromatic rings. The Kier molecular flexibility index (Phi) is 9.98. The largest absolute Gasteiger partial charge is 0.337 e. The maximum absolute atomic E-state index is 14.1. The molecular weight excluding hydrogens is 550 g/mol. The van der Waals surface area contributed by atoms with E-state index in [4.69, 9.17) is 6.42 Å². The van der Waals surface area contributed by atoms with E-state index in [-0.39, 0.29) is 49.3 Å². The van der Waals surface area contributed by atoms with Gasteiger partial charge in [-0.2, -0.15) is 5.01 Å². The maximum atomic E-state index is 14.1. The highest BCUT2D eigenvalue weighted by Crippen LogP contribution is 2.32. The summed E-state index contributed by atoms with van der Waals surface area (Å²) in [6, 6.07) is 29.3. The molecule has 0 aliphatic carbocycles. The van der Waals surface area contributed by atoms with Crippen LogP contribution >= 0.6 is 0 Å². The number of carbonyl (C=O) groups excluding carboxylic acids is 3. The number of rotatable bonds is 10. The Labute approximate surface area is 260 Å². The number of benzene rings is 3. The second kappa shape index (κ2) is 14.2. The lowest BCUT2D eigenvalue weighted by atomic mass is 9.88. The van der Waals surface area contributed by atoms with Crippen molar-refractivity contribution in [2.45, 2.75) is 51.4 Å². The van der Waals surface area contributed by atoms with Gasteiger partial charge >= 0.3 is 6.03 Å². The molecule has 2 aliphatic heterocycles. The van der Waals surface area contributed by atoms with E-state index in [1.165, 1.54) is 11.1 Å². The highest BCUT2D eigenvalue weighted by molar-refractivity contribution is 5.91. The van der Waals surface area contributed by atoms with E-state index in [0.29, 0.717) is 25.9 Å². The number of amides is 4. The summed E-state index contributed by atoms with van der Waals surface area (Å²) in [7, 11) is 0. The first-order chi connectivity index (χ1) is 21.4. The minimum absolute atomic E-state index is 0.0641. The summed E-state index contributed by atoms with van der Waals surface area (Å²) in [4.78, 5) is 45.1. The monoisotopic (exact) mass is 591 g/mol. The van der Waals surface area contributed by atoms with Gasteiger partial charge in [-0.15, -0.1) is 6.42 Å². The molecule has 2 saturated heterocycles. The molecule has 0 aromatic heterocycles. The molecule has 2 heterocycles. The molecule has 228 valence electrons. The molecule has 8 heteroatoms. The van der Waals surface area contributed by atoms with Crippen LogP contribution in [-0.2, 0) is 16.1 Å². The zero-order valence-electron chi connectivity index (χ0n) is 25.5. The van der Waals surface area contributed by atoms with Crippen LogP contribution < -0.4 is 5.32 Å². The number of nitrogens with zero attached hydrogens (tertiary/aromatic N) is 4. The van der Waals surface area contributed by atoms with E-state index in [2.05, 4.69) is 35.5 Å². The Hall–Kier alpha value is -4.61. The van der Waals surface area contributed by atoms with Crippen molar-refractivity contribution < 1.29 is 14.4 Å². The number of terminal acetylenes is 1. The fourth-order valence-electron chi connectivity index (χ4n) is 6.35. The van der Waals surface area contributed by atoms with Crippen LogP contribution in [0.2, 0.25) is 0 Å². The van der Waals surface area contributed by atoms with Crippen LogP contribution in [0.15, 0.2) is 91.0 Å². The minimum Gasteiger partial charge on any atom is -0.337 e. The van der Waals surface area contributed by atoms with Gasteiger partial charge in [0.2, 0.25) is 11.8 Å². The fourth-order valence-corrected chi connectivity index (χ4v) is 6.35. The van der Waals surface area contributed by atoms with Gasteiger partial charge in [-0.25, -0.2) is 9.80 Å². The second-order valence-electron chi connectivity index (χ2n) is 11.9. The van der Waals surface area contributed by atoms with Crippen molar-refractivity contribution >= 4 is 17.8 Å². The van der Waals surface area contributed by atoms with Gasteiger partial charge in [-0.05, 0) is 35.4 Å². The first-order valence-electron chi connectivity index (χ1n) is 15.4. The van der Waals surface area contributed by atoms with Crippen LogP contribution in [0, 0.1) is 18.3 Å². The molecule has 0 radical (unpaired) electrons. The number of hydrogen-bond acceptors (Lipinski definition) is 4. The molecule has 0 spiro atoms. The third kappa shape index (κ3) is 6.95. The Morgan fingerprint density at radius 1 is 0.932 bits per heavy atom. The first kappa shape index (κ1) is 30.8. The quantitative estimate of drug-likeness (QED) is 0.347. The second-order valence-corrected chi connectivity index (χ2v) is 11.9. The lowest BCUT2D eigenvalue weighted by Crippen LogP contribution is -2.76. The van der Waals surface area contributed by atoms with Crippen molar-refractivity contribution in [3.63, 3.8) is 0 Å². The summed E-state index contributed by atoms with van der Waals surface area (Å²) in [5.74, 6) is 2.60. The van der Waals surface area contributed by atoms with Crippen LogP contribution in [-0.4, -0.2) is 76.0 Å². The van der Waals surface area contributed by atoms with Gasteiger partial charge in [0.05, 0.1) is 19.6 Å². The van der Waals surface area contributed by atoms with Gasteiger partial charge in [0.25, 0.3) is 0 Å². The number of fused-ring (bicyclic) bond motifs is 1. The summed E-state index contributed by atoms with van der Waals surface area (Å²) in [5.41, 5.74) is 3.32. The molecule has 2 atom stereocenters. The molecule has 0 bridgehead atoms. The van der Waals surface area contributed by atoms with E-state index in [1.54, 1.807) is 14.9 Å². The molecular formula is C36H41N5O3. The third-order valence-electron chi connectivity index (χ3n) is 8.38. The number of hydrazine groups is 1. The summed E-state index contributed by atoms with van der Waals surface area (Å²) in [6.07, 6.45) is 6.23. The predicted octanol–water partition coefficient (Wildman–Crippen LogP) is 4.70. The zero-order valence-corrected chi connectivity index (χ0v) is 25.5. The fraction of sp³-hybridized carbons (Fsp3) is 0.361. The Balaban J connectivity index is 1.44. The normalized spacial score (nSPS) is 18.8. The van der Waals surface area contributed by atoms with Crippen LogP contribution in [0.4, 0.5) is 4.79 Å². The van der Waals surface area contributed by atoms with Gasteiger partial charge in [-0.1, -0.05) is 111 Å². The lowest BCUT2D eigenvalue weighted by Gasteiger charge is -2.55. The predicted molar refractivity (Wildman–Crippen MR) is 171 cm³/mol. The number of nitrogens with one attached hydrogen (secondary N) is 1. The molecule has 0 saturated carbocycles. The smallest absolute Gasteiger partial charge is 0.334 e. The van der Waals surface area contributed by atoms with Crippen LogP contribution in [0.25, 0.3) is 0 Å². The number of piperazine rings is 1. The van der Waals surface area contributed by atoms with Gasteiger partial charge in [0.1, 0.15) is 12.2 Å². The van der Waals surface area contributed by atoms with Gasteiger partial charge in [-0.3, -0.25) is 9.59 Å². The van der Waals surface area contributed by atoms with Crippen molar-refractivity contribution in [1.82, 2.24) is 25.1 Å².